The molecule has 2 aromatic rings. The standard InChI is InChI=1S/C11H18N6O2S/c1-5-16-9(6-8(4)15-16)10-13-14-11(20(12,18)19)17(10)7(2)3/h6-7H,5H2,1-4H3,(H2,12,18,19). The predicted molar refractivity (Wildman–Crippen MR) is 73.4 cm³/mol. The molecule has 2 heterocycles. The summed E-state index contributed by atoms with van der Waals surface area (Å²) in [4.78, 5) is 0. The van der Waals surface area contributed by atoms with E-state index < -0.39 is 10.0 Å². The van der Waals surface area contributed by atoms with Gasteiger partial charge in [0.05, 0.1) is 5.69 Å². The maximum Gasteiger partial charge on any atom is 0.273 e. The summed E-state index contributed by atoms with van der Waals surface area (Å²) < 4.78 is 26.5. The van der Waals surface area contributed by atoms with Gasteiger partial charge in [0, 0.05) is 12.6 Å². The van der Waals surface area contributed by atoms with E-state index in [2.05, 4.69) is 15.3 Å². The van der Waals surface area contributed by atoms with Gasteiger partial charge in [0.25, 0.3) is 15.2 Å². The van der Waals surface area contributed by atoms with Gasteiger partial charge in [0.2, 0.25) is 0 Å². The van der Waals surface area contributed by atoms with Crippen LogP contribution in [-0.4, -0.2) is 33.0 Å². The Hall–Kier alpha value is -1.74. The number of nitrogens with zero attached hydrogens (tertiary/aromatic N) is 5. The minimum atomic E-state index is -3.92. The monoisotopic (exact) mass is 298 g/mol. The van der Waals surface area contributed by atoms with Crippen molar-refractivity contribution < 1.29 is 8.42 Å². The third kappa shape index (κ3) is 2.46. The van der Waals surface area contributed by atoms with Crippen LogP contribution in [0.4, 0.5) is 0 Å². The fraction of sp³-hybridized carbons (Fsp3) is 0.545. The quantitative estimate of drug-likeness (QED) is 0.893. The molecule has 2 aromatic heterocycles. The Labute approximate surface area is 117 Å². The second-order valence-electron chi connectivity index (χ2n) is 4.80. The molecular formula is C11H18N6O2S. The topological polar surface area (TPSA) is 109 Å². The minimum absolute atomic E-state index is 0.145. The van der Waals surface area contributed by atoms with E-state index in [1.807, 2.05) is 33.8 Å². The SMILES string of the molecule is CCn1nc(C)cc1-c1nnc(S(N)(=O)=O)n1C(C)C. The van der Waals surface area contributed by atoms with Crippen molar-refractivity contribution in [2.45, 2.75) is 45.4 Å². The molecule has 0 amide bonds. The van der Waals surface area contributed by atoms with Crippen LogP contribution in [0.25, 0.3) is 11.5 Å². The highest BCUT2D eigenvalue weighted by atomic mass is 32.2. The molecule has 20 heavy (non-hydrogen) atoms. The molecule has 0 aliphatic carbocycles. The lowest BCUT2D eigenvalue weighted by molar-refractivity contribution is 0.522. The minimum Gasteiger partial charge on any atom is -0.293 e. The third-order valence-electron chi connectivity index (χ3n) is 2.87. The zero-order chi connectivity index (χ0) is 15.1. The van der Waals surface area contributed by atoms with Gasteiger partial charge in [-0.05, 0) is 33.8 Å². The van der Waals surface area contributed by atoms with Crippen LogP contribution < -0.4 is 5.14 Å². The average Bonchev–Trinajstić information content (AvgIpc) is 2.90. The van der Waals surface area contributed by atoms with E-state index in [-0.39, 0.29) is 11.2 Å². The zero-order valence-electron chi connectivity index (χ0n) is 11.9. The molecule has 0 fully saturated rings. The number of nitrogens with two attached hydrogens (primary N) is 1. The molecule has 2 N–H and O–H groups in total. The van der Waals surface area contributed by atoms with Crippen LogP contribution in [0, 0.1) is 6.92 Å². The molecule has 110 valence electrons. The van der Waals surface area contributed by atoms with Gasteiger partial charge >= 0.3 is 0 Å². The number of hydrogen-bond acceptors (Lipinski definition) is 5. The fourth-order valence-corrected chi connectivity index (χ4v) is 2.80. The van der Waals surface area contributed by atoms with Gasteiger partial charge in [-0.3, -0.25) is 9.25 Å². The van der Waals surface area contributed by atoms with E-state index in [4.69, 9.17) is 5.14 Å². The van der Waals surface area contributed by atoms with Crippen LogP contribution >= 0.6 is 0 Å². The summed E-state index contributed by atoms with van der Waals surface area (Å²) in [6, 6.07) is 1.70. The highest BCUT2D eigenvalue weighted by molar-refractivity contribution is 7.89. The summed E-state index contributed by atoms with van der Waals surface area (Å²) in [7, 11) is -3.92. The lowest BCUT2D eigenvalue weighted by atomic mass is 10.3. The van der Waals surface area contributed by atoms with Crippen molar-refractivity contribution in [2.75, 3.05) is 0 Å². The molecule has 0 saturated carbocycles. The van der Waals surface area contributed by atoms with E-state index in [1.54, 1.807) is 4.68 Å². The number of rotatable bonds is 4. The molecule has 0 aliphatic heterocycles. The number of primary sulfonamides is 1. The van der Waals surface area contributed by atoms with Crippen molar-refractivity contribution >= 4 is 10.0 Å². The summed E-state index contributed by atoms with van der Waals surface area (Å²) in [5.74, 6) is 0.450. The molecule has 9 heteroatoms. The Kier molecular flexibility index (Phi) is 3.65. The molecule has 0 saturated heterocycles. The van der Waals surface area contributed by atoms with Crippen LogP contribution in [0.1, 0.15) is 32.5 Å². The molecule has 8 nitrogen and oxygen atoms in total. The second-order valence-corrected chi connectivity index (χ2v) is 6.26. The van der Waals surface area contributed by atoms with Crippen LogP contribution in [0.2, 0.25) is 0 Å². The van der Waals surface area contributed by atoms with Crippen LogP contribution in [0.5, 0.6) is 0 Å². The lowest BCUT2D eigenvalue weighted by Gasteiger charge is -2.13. The summed E-state index contributed by atoms with van der Waals surface area (Å²) in [5, 5.41) is 17.0. The van der Waals surface area contributed by atoms with E-state index in [0.717, 1.165) is 11.4 Å². The van der Waals surface area contributed by atoms with E-state index >= 15 is 0 Å². The summed E-state index contributed by atoms with van der Waals surface area (Å²) in [6.07, 6.45) is 0. The Balaban J connectivity index is 2.72. The molecule has 0 spiro atoms. The highest BCUT2D eigenvalue weighted by Gasteiger charge is 2.25. The van der Waals surface area contributed by atoms with Gasteiger partial charge < -0.3 is 0 Å². The van der Waals surface area contributed by atoms with Gasteiger partial charge in [-0.2, -0.15) is 5.10 Å². The zero-order valence-corrected chi connectivity index (χ0v) is 12.7. The first kappa shape index (κ1) is 14.7. The van der Waals surface area contributed by atoms with E-state index in [1.165, 1.54) is 4.57 Å². The van der Waals surface area contributed by atoms with Crippen molar-refractivity contribution in [2.24, 2.45) is 5.14 Å². The predicted octanol–water partition coefficient (Wildman–Crippen LogP) is 0.698. The summed E-state index contributed by atoms with van der Waals surface area (Å²) in [6.45, 7) is 8.17. The van der Waals surface area contributed by atoms with Crippen molar-refractivity contribution in [1.29, 1.82) is 0 Å². The first-order valence-corrected chi connectivity index (χ1v) is 7.82. The maximum absolute atomic E-state index is 11.6. The van der Waals surface area contributed by atoms with Crippen LogP contribution in [0.15, 0.2) is 11.2 Å². The highest BCUT2D eigenvalue weighted by Crippen LogP contribution is 2.24. The first-order valence-electron chi connectivity index (χ1n) is 6.28. The first-order chi connectivity index (χ1) is 9.25. The average molecular weight is 298 g/mol. The van der Waals surface area contributed by atoms with Gasteiger partial charge in [-0.25, -0.2) is 13.6 Å². The Morgan fingerprint density at radius 1 is 1.35 bits per heavy atom. The summed E-state index contributed by atoms with van der Waals surface area (Å²) >= 11 is 0. The van der Waals surface area contributed by atoms with Gasteiger partial charge in [0.15, 0.2) is 5.82 Å². The van der Waals surface area contributed by atoms with E-state index in [0.29, 0.717) is 12.4 Å². The molecule has 0 bridgehead atoms. The third-order valence-corrected chi connectivity index (χ3v) is 3.65. The summed E-state index contributed by atoms with van der Waals surface area (Å²) in [5.41, 5.74) is 1.55. The smallest absolute Gasteiger partial charge is 0.273 e. The van der Waals surface area contributed by atoms with Crippen molar-refractivity contribution in [3.63, 3.8) is 0 Å². The van der Waals surface area contributed by atoms with Crippen molar-refractivity contribution in [3.8, 4) is 11.5 Å². The number of aromatic nitrogens is 5. The van der Waals surface area contributed by atoms with Crippen LogP contribution in [0.3, 0.4) is 0 Å². The van der Waals surface area contributed by atoms with Gasteiger partial charge in [0.1, 0.15) is 5.69 Å². The fourth-order valence-electron chi connectivity index (χ4n) is 2.08. The number of hydrogen-bond donors (Lipinski definition) is 1. The molecule has 0 radical (unpaired) electrons. The second kappa shape index (κ2) is 4.98. The van der Waals surface area contributed by atoms with Crippen LogP contribution in [-0.2, 0) is 16.6 Å². The van der Waals surface area contributed by atoms with Gasteiger partial charge in [-0.15, -0.1) is 10.2 Å². The van der Waals surface area contributed by atoms with E-state index in [9.17, 15) is 8.42 Å². The molecular weight excluding hydrogens is 280 g/mol. The Bertz CT molecular complexity index is 728. The maximum atomic E-state index is 11.6. The van der Waals surface area contributed by atoms with Gasteiger partial charge in [-0.1, -0.05) is 0 Å². The molecule has 0 aliphatic rings. The Morgan fingerprint density at radius 2 is 2.00 bits per heavy atom. The molecule has 0 unspecified atom stereocenters. The normalized spacial score (nSPS) is 12.3. The lowest BCUT2D eigenvalue weighted by Crippen LogP contribution is -2.20. The molecule has 0 atom stereocenters. The van der Waals surface area contributed by atoms with Crippen molar-refractivity contribution in [3.05, 3.63) is 11.8 Å². The molecule has 2 rings (SSSR count). The molecule has 0 aromatic carbocycles. The Morgan fingerprint density at radius 3 is 2.50 bits per heavy atom. The number of aryl methyl sites for hydroxylation is 2. The number of sulfonamides is 1. The van der Waals surface area contributed by atoms with Crippen molar-refractivity contribution in [1.82, 2.24) is 24.5 Å². The largest absolute Gasteiger partial charge is 0.293 e.